The van der Waals surface area contributed by atoms with E-state index in [-0.39, 0.29) is 27.9 Å². The first-order chi connectivity index (χ1) is 15.7. The molecule has 0 amide bonds. The van der Waals surface area contributed by atoms with Crippen LogP contribution in [0.1, 0.15) is 66.4 Å². The first kappa shape index (κ1) is 22.8. The van der Waals surface area contributed by atoms with E-state index in [0.29, 0.717) is 27.7 Å². The summed E-state index contributed by atoms with van der Waals surface area (Å²) in [5.41, 5.74) is 2.93. The molecule has 1 fully saturated rings. The van der Waals surface area contributed by atoms with Crippen molar-refractivity contribution in [1.29, 1.82) is 0 Å². The van der Waals surface area contributed by atoms with Crippen LogP contribution in [-0.2, 0) is 9.47 Å². The van der Waals surface area contributed by atoms with Gasteiger partial charge in [0.25, 0.3) is 0 Å². The number of halogens is 1. The Bertz CT molecular complexity index is 1250. The van der Waals surface area contributed by atoms with Gasteiger partial charge in [0.05, 0.1) is 23.9 Å². The summed E-state index contributed by atoms with van der Waals surface area (Å²) < 4.78 is 25.4. The number of Topliss-reactive ketones (excluding diaryl/α,β-unsaturated/α-hetero) is 1. The van der Waals surface area contributed by atoms with Crippen molar-refractivity contribution in [3.8, 4) is 10.6 Å². The summed E-state index contributed by atoms with van der Waals surface area (Å²) in [5.74, 6) is -2.10. The van der Waals surface area contributed by atoms with Gasteiger partial charge >= 0.3 is 11.9 Å². The molecule has 9 heteroatoms. The maximum atomic E-state index is 13.2. The van der Waals surface area contributed by atoms with Crippen LogP contribution in [0.2, 0.25) is 0 Å². The van der Waals surface area contributed by atoms with Crippen LogP contribution < -0.4 is 0 Å². The molecule has 0 aliphatic heterocycles. The zero-order valence-corrected chi connectivity index (χ0v) is 19.5. The molecule has 33 heavy (non-hydrogen) atoms. The third-order valence-corrected chi connectivity index (χ3v) is 6.87. The maximum Gasteiger partial charge on any atom is 0.350 e. The van der Waals surface area contributed by atoms with Crippen molar-refractivity contribution >= 4 is 29.1 Å². The Morgan fingerprint density at radius 1 is 1.06 bits per heavy atom. The van der Waals surface area contributed by atoms with E-state index in [1.807, 2.05) is 4.57 Å². The van der Waals surface area contributed by atoms with Gasteiger partial charge in [-0.3, -0.25) is 4.79 Å². The van der Waals surface area contributed by atoms with E-state index in [4.69, 9.17) is 9.47 Å². The number of aryl methyl sites for hydroxylation is 1. The molecule has 2 aromatic heterocycles. The standard InChI is InChI=1S/C24H23FN2O5S/c1-12-21(33-22(26-12)15-5-7-16(25)8-6-15)24(30)32-11-18(28)19-13(2)27(17-9-10-17)14(3)20(19)23(29)31-4/h5-8,17H,9-11H2,1-4H3. The highest BCUT2D eigenvalue weighted by atomic mass is 32.1. The number of thiazole rings is 1. The van der Waals surface area contributed by atoms with Crippen molar-refractivity contribution in [3.63, 3.8) is 0 Å². The van der Waals surface area contributed by atoms with Gasteiger partial charge in [-0.05, 0) is 57.9 Å². The molecular weight excluding hydrogens is 447 g/mol. The van der Waals surface area contributed by atoms with Crippen molar-refractivity contribution in [1.82, 2.24) is 9.55 Å². The van der Waals surface area contributed by atoms with Crippen molar-refractivity contribution < 1.29 is 28.2 Å². The summed E-state index contributed by atoms with van der Waals surface area (Å²) in [6.45, 7) is 4.73. The Labute approximate surface area is 194 Å². The highest BCUT2D eigenvalue weighted by molar-refractivity contribution is 7.17. The van der Waals surface area contributed by atoms with Gasteiger partial charge in [0.1, 0.15) is 15.7 Å². The van der Waals surface area contributed by atoms with Crippen LogP contribution in [0.5, 0.6) is 0 Å². The fraction of sp³-hybridized carbons (Fsp3) is 0.333. The lowest BCUT2D eigenvalue weighted by atomic mass is 10.1. The minimum Gasteiger partial charge on any atom is -0.465 e. The minimum atomic E-state index is -0.678. The molecule has 1 aromatic carbocycles. The molecular formula is C24H23FN2O5S. The largest absolute Gasteiger partial charge is 0.465 e. The number of ketones is 1. The van der Waals surface area contributed by atoms with Crippen LogP contribution in [0.3, 0.4) is 0 Å². The summed E-state index contributed by atoms with van der Waals surface area (Å²) in [7, 11) is 1.27. The molecule has 3 aromatic rings. The summed E-state index contributed by atoms with van der Waals surface area (Å²) >= 11 is 1.11. The van der Waals surface area contributed by atoms with Crippen LogP contribution in [0.25, 0.3) is 10.6 Å². The molecule has 7 nitrogen and oxygen atoms in total. The topological polar surface area (TPSA) is 87.5 Å². The molecule has 0 radical (unpaired) electrons. The number of benzene rings is 1. The second-order valence-electron chi connectivity index (χ2n) is 7.95. The molecule has 0 unspecified atom stereocenters. The minimum absolute atomic E-state index is 0.218. The highest BCUT2D eigenvalue weighted by Gasteiger charge is 2.34. The number of esters is 2. The van der Waals surface area contributed by atoms with E-state index in [0.717, 1.165) is 24.2 Å². The lowest BCUT2D eigenvalue weighted by Crippen LogP contribution is -2.17. The van der Waals surface area contributed by atoms with E-state index in [9.17, 15) is 18.8 Å². The monoisotopic (exact) mass is 470 g/mol. The van der Waals surface area contributed by atoms with Crippen molar-refractivity contribution in [2.45, 2.75) is 39.7 Å². The zero-order valence-electron chi connectivity index (χ0n) is 18.7. The molecule has 1 aliphatic rings. The molecule has 2 heterocycles. The molecule has 172 valence electrons. The molecule has 0 bridgehead atoms. The Balaban J connectivity index is 1.54. The second kappa shape index (κ2) is 8.90. The van der Waals surface area contributed by atoms with Gasteiger partial charge in [0.2, 0.25) is 5.78 Å². The Kier molecular flexibility index (Phi) is 6.16. The van der Waals surface area contributed by atoms with Gasteiger partial charge in [0.15, 0.2) is 6.61 Å². The zero-order chi connectivity index (χ0) is 23.9. The normalized spacial score (nSPS) is 13.1. The van der Waals surface area contributed by atoms with E-state index < -0.39 is 24.3 Å². The smallest absolute Gasteiger partial charge is 0.350 e. The Morgan fingerprint density at radius 3 is 2.30 bits per heavy atom. The van der Waals surface area contributed by atoms with Gasteiger partial charge in [-0.25, -0.2) is 19.0 Å². The predicted octanol–water partition coefficient (Wildman–Crippen LogP) is 4.84. The Morgan fingerprint density at radius 2 is 1.70 bits per heavy atom. The number of carbonyl (C=O) groups is 3. The van der Waals surface area contributed by atoms with E-state index in [2.05, 4.69) is 4.98 Å². The Hall–Kier alpha value is -3.33. The van der Waals surface area contributed by atoms with E-state index in [1.54, 1.807) is 32.9 Å². The second-order valence-corrected chi connectivity index (χ2v) is 8.95. The number of carbonyl (C=O) groups excluding carboxylic acids is 3. The lowest BCUT2D eigenvalue weighted by Gasteiger charge is -2.07. The first-order valence-corrected chi connectivity index (χ1v) is 11.3. The van der Waals surface area contributed by atoms with Crippen molar-refractivity contribution in [2.24, 2.45) is 0 Å². The molecule has 0 atom stereocenters. The summed E-state index contributed by atoms with van der Waals surface area (Å²) in [6, 6.07) is 6.06. The van der Waals surface area contributed by atoms with Crippen molar-refractivity contribution in [2.75, 3.05) is 13.7 Å². The quantitative estimate of drug-likeness (QED) is 0.363. The molecule has 1 saturated carbocycles. The third-order valence-electron chi connectivity index (χ3n) is 5.68. The predicted molar refractivity (Wildman–Crippen MR) is 120 cm³/mol. The maximum absolute atomic E-state index is 13.2. The van der Waals surface area contributed by atoms with Gasteiger partial charge in [0, 0.05) is 23.0 Å². The fourth-order valence-corrected chi connectivity index (χ4v) is 4.96. The molecule has 0 saturated heterocycles. The SMILES string of the molecule is COC(=O)c1c(C(=O)COC(=O)c2sc(-c3ccc(F)cc3)nc2C)c(C)n(C2CC2)c1C. The van der Waals surface area contributed by atoms with Gasteiger partial charge in [-0.2, -0.15) is 0 Å². The van der Waals surface area contributed by atoms with Crippen LogP contribution in [0, 0.1) is 26.6 Å². The van der Waals surface area contributed by atoms with E-state index >= 15 is 0 Å². The number of hydrogen-bond acceptors (Lipinski definition) is 7. The number of hydrogen-bond donors (Lipinski definition) is 0. The number of nitrogens with zero attached hydrogens (tertiary/aromatic N) is 2. The molecule has 0 N–H and O–H groups in total. The number of aromatic nitrogens is 2. The van der Waals surface area contributed by atoms with Crippen LogP contribution >= 0.6 is 11.3 Å². The van der Waals surface area contributed by atoms with Gasteiger partial charge in [-0.15, -0.1) is 11.3 Å². The summed E-state index contributed by atoms with van der Waals surface area (Å²) in [6.07, 6.45) is 1.97. The van der Waals surface area contributed by atoms with E-state index in [1.165, 1.54) is 19.2 Å². The molecule has 1 aliphatic carbocycles. The van der Waals surface area contributed by atoms with Gasteiger partial charge in [-0.1, -0.05) is 0 Å². The van der Waals surface area contributed by atoms with Crippen molar-refractivity contribution in [3.05, 3.63) is 63.2 Å². The molecule has 0 spiro atoms. The number of ether oxygens (including phenoxy) is 2. The van der Waals surface area contributed by atoms with Gasteiger partial charge < -0.3 is 14.0 Å². The molecule has 4 rings (SSSR count). The van der Waals surface area contributed by atoms with Crippen LogP contribution in [0.15, 0.2) is 24.3 Å². The third kappa shape index (κ3) is 4.32. The number of rotatable bonds is 7. The first-order valence-electron chi connectivity index (χ1n) is 10.5. The number of methoxy groups -OCH3 is 1. The average molecular weight is 471 g/mol. The van der Waals surface area contributed by atoms with Crippen LogP contribution in [-0.4, -0.2) is 41.0 Å². The average Bonchev–Trinajstić information content (AvgIpc) is 3.49. The lowest BCUT2D eigenvalue weighted by molar-refractivity contribution is 0.0477. The fourth-order valence-electron chi connectivity index (χ4n) is 4.00. The summed E-state index contributed by atoms with van der Waals surface area (Å²) in [4.78, 5) is 42.8. The highest BCUT2D eigenvalue weighted by Crippen LogP contribution is 2.40. The summed E-state index contributed by atoms with van der Waals surface area (Å²) in [5, 5.41) is 0.548. The van der Waals surface area contributed by atoms with Crippen LogP contribution in [0.4, 0.5) is 4.39 Å².